The second kappa shape index (κ2) is 21.4. The predicted octanol–water partition coefficient (Wildman–Crippen LogP) is 12.8. The van der Waals surface area contributed by atoms with E-state index in [-0.39, 0.29) is 24.8 Å². The molecule has 246 valence electrons. The minimum Gasteiger partial charge on any atom is -0.147 e. The Balaban J connectivity index is 0.000000249. The smallest absolute Gasteiger partial charge is 0.0240 e. The van der Waals surface area contributed by atoms with Crippen LogP contribution in [-0.2, 0) is 30.7 Å². The minimum atomic E-state index is 0. The average Bonchev–Trinajstić information content (AvgIpc) is 3.84. The number of rotatable bonds is 2. The molecule has 8 rings (SSSR count). The maximum Gasteiger partial charge on any atom is -0.0240 e. The molecule has 0 fully saturated rings. The van der Waals surface area contributed by atoms with Crippen LogP contribution in [0.15, 0.2) is 146 Å². The summed E-state index contributed by atoms with van der Waals surface area (Å²) >= 11 is 1.30. The molecule has 0 unspecified atom stereocenters. The van der Waals surface area contributed by atoms with E-state index in [1.165, 1.54) is 91.0 Å². The molecule has 0 radical (unpaired) electrons. The zero-order valence-corrected chi connectivity index (χ0v) is 32.4. The first-order valence-electron chi connectivity index (χ1n) is 15.7. The van der Waals surface area contributed by atoms with Crippen molar-refractivity contribution in [3.05, 3.63) is 192 Å². The van der Waals surface area contributed by atoms with Gasteiger partial charge in [0.05, 0.1) is 0 Å². The van der Waals surface area contributed by atoms with Crippen molar-refractivity contribution >= 4 is 50.6 Å². The molecule has 0 N–H and O–H groups in total. The van der Waals surface area contributed by atoms with Crippen LogP contribution in [0.5, 0.6) is 0 Å². The molecule has 6 aromatic rings. The molecule has 0 spiro atoms. The summed E-state index contributed by atoms with van der Waals surface area (Å²) in [6.45, 7) is 8.48. The molecule has 0 aliphatic heterocycles. The van der Waals surface area contributed by atoms with E-state index in [0.717, 1.165) is 12.8 Å². The van der Waals surface area contributed by atoms with Gasteiger partial charge in [-0.2, -0.15) is 53.3 Å². The van der Waals surface area contributed by atoms with Crippen LogP contribution in [0.25, 0.3) is 32.7 Å². The van der Waals surface area contributed by atoms with E-state index >= 15 is 0 Å². The fraction of sp³-hybridized carbons (Fsp3) is 0.133. The van der Waals surface area contributed by atoms with Crippen LogP contribution >= 0.6 is 24.8 Å². The van der Waals surface area contributed by atoms with Gasteiger partial charge in [0.1, 0.15) is 0 Å². The second-order valence-electron chi connectivity index (χ2n) is 11.4. The Kier molecular flexibility index (Phi) is 18.1. The minimum absolute atomic E-state index is 0. The van der Waals surface area contributed by atoms with Crippen LogP contribution in [-0.4, -0.2) is 4.21 Å². The summed E-state index contributed by atoms with van der Waals surface area (Å²) in [5.41, 5.74) is 8.34. The number of benzene rings is 6. The zero-order chi connectivity index (χ0) is 32.7. The summed E-state index contributed by atoms with van der Waals surface area (Å²) in [6.07, 6.45) is 11.0. The quantitative estimate of drug-likeness (QED) is 0.122. The van der Waals surface area contributed by atoms with Gasteiger partial charge in [-0.1, -0.05) is 93.7 Å². The third-order valence-electron chi connectivity index (χ3n) is 7.89. The normalized spacial score (nSPS) is 10.8. The summed E-state index contributed by atoms with van der Waals surface area (Å²) < 4.78 is 3.34. The largest absolute Gasteiger partial charge is 0.147 e. The molecule has 0 aromatic heterocycles. The number of hydrogen-bond acceptors (Lipinski definition) is 0. The van der Waals surface area contributed by atoms with Crippen LogP contribution < -0.4 is 0 Å². The number of fused-ring (bicyclic) bond motifs is 8. The maximum absolute atomic E-state index is 3.48. The Bertz CT molecular complexity index is 1820. The van der Waals surface area contributed by atoms with Crippen LogP contribution in [0.3, 0.4) is 0 Å². The number of hydrogen-bond donors (Lipinski definition) is 0. The van der Waals surface area contributed by atoms with Gasteiger partial charge in [0.2, 0.25) is 0 Å². The van der Waals surface area contributed by atoms with E-state index < -0.39 is 0 Å². The molecule has 0 bridgehead atoms. The summed E-state index contributed by atoms with van der Waals surface area (Å²) in [5, 5.41) is 5.30. The molecule has 2 aliphatic rings. The Morgan fingerprint density at radius 2 is 1.12 bits per heavy atom. The maximum atomic E-state index is 3.48. The molecule has 0 amide bonds. The van der Waals surface area contributed by atoms with Crippen LogP contribution in [0.2, 0.25) is 0 Å². The van der Waals surface area contributed by atoms with Gasteiger partial charge in [0, 0.05) is 0 Å². The number of allylic oxidation sites excluding steroid dienone is 4. The van der Waals surface area contributed by atoms with Gasteiger partial charge >= 0.3 is 28.4 Å². The SMILES string of the molecule is C[C-](C)c1ccccc1.C[C-](C)c1ccccc1.Cl.Cl.[C-]1=CC=CC1.[CH2]=[Zr].[c-]1cccc2c1c1c(c3ccccc32)-c2ccccc2C1. The van der Waals surface area contributed by atoms with Crippen LogP contribution in [0, 0.1) is 24.0 Å². The van der Waals surface area contributed by atoms with E-state index in [1.807, 2.05) is 30.4 Å². The van der Waals surface area contributed by atoms with E-state index in [0.29, 0.717) is 0 Å². The van der Waals surface area contributed by atoms with Gasteiger partial charge in [-0.3, -0.25) is 6.08 Å². The molecule has 2 aliphatic carbocycles. The Morgan fingerprint density at radius 1 is 0.604 bits per heavy atom. The fourth-order valence-corrected chi connectivity index (χ4v) is 5.61. The first-order chi connectivity index (χ1) is 22.5. The van der Waals surface area contributed by atoms with E-state index in [4.69, 9.17) is 0 Å². The van der Waals surface area contributed by atoms with Crippen molar-refractivity contribution in [3.8, 4) is 11.1 Å². The molecule has 0 heterocycles. The Hall–Kier alpha value is -3.61. The predicted molar refractivity (Wildman–Crippen MR) is 212 cm³/mol. The van der Waals surface area contributed by atoms with Gasteiger partial charge in [-0.25, -0.2) is 12.2 Å². The monoisotopic (exact) mass is 744 g/mol. The molecular formula is C45H44Cl2Zr-4. The summed E-state index contributed by atoms with van der Waals surface area (Å²) in [5.74, 6) is 2.74. The molecule has 0 atom stereocenters. The van der Waals surface area contributed by atoms with Crippen molar-refractivity contribution in [2.24, 2.45) is 0 Å². The topological polar surface area (TPSA) is 0 Å². The third kappa shape index (κ3) is 10.7. The van der Waals surface area contributed by atoms with Crippen molar-refractivity contribution in [2.75, 3.05) is 0 Å². The zero-order valence-electron chi connectivity index (χ0n) is 28.3. The van der Waals surface area contributed by atoms with Crippen molar-refractivity contribution < 1.29 is 24.2 Å². The first-order valence-corrected chi connectivity index (χ1v) is 17.5. The van der Waals surface area contributed by atoms with Gasteiger partial charge in [0.15, 0.2) is 0 Å². The summed E-state index contributed by atoms with van der Waals surface area (Å²) in [7, 11) is 0. The molecule has 0 nitrogen and oxygen atoms in total. The number of halogens is 2. The van der Waals surface area contributed by atoms with Gasteiger partial charge in [-0.05, 0) is 28.5 Å². The molecular weight excluding hydrogens is 703 g/mol. The van der Waals surface area contributed by atoms with E-state index in [2.05, 4.69) is 159 Å². The summed E-state index contributed by atoms with van der Waals surface area (Å²) in [4.78, 5) is 0. The third-order valence-corrected chi connectivity index (χ3v) is 7.89. The first kappa shape index (κ1) is 40.6. The second-order valence-corrected chi connectivity index (χ2v) is 11.4. The Morgan fingerprint density at radius 3 is 1.62 bits per heavy atom. The van der Waals surface area contributed by atoms with Crippen molar-refractivity contribution in [1.29, 1.82) is 0 Å². The van der Waals surface area contributed by atoms with Gasteiger partial charge in [0.25, 0.3) is 0 Å². The fourth-order valence-electron chi connectivity index (χ4n) is 5.61. The molecule has 6 aromatic carbocycles. The average molecular weight is 747 g/mol. The molecule has 3 heteroatoms. The van der Waals surface area contributed by atoms with E-state index in [1.54, 1.807) is 0 Å². The van der Waals surface area contributed by atoms with E-state index in [9.17, 15) is 0 Å². The van der Waals surface area contributed by atoms with Crippen LogP contribution in [0.1, 0.15) is 56.4 Å². The van der Waals surface area contributed by atoms with Gasteiger partial charge in [-0.15, -0.1) is 96.1 Å². The molecule has 48 heavy (non-hydrogen) atoms. The van der Waals surface area contributed by atoms with Crippen molar-refractivity contribution in [1.82, 2.24) is 0 Å². The standard InChI is InChI=1S/C21H13.2C9H11.C5H5.CH2.2ClH.Zr/c1-2-8-15-14(7-1)13-20-18-11-4-3-9-16(18)17-10-5-6-12-19(17)21(15)20;2*1-8(2)9-6-4-3-5-7-9;1-2-4-5-3-1;;;;/h1-10,12H,13H2;2*3-7H,1-2H3;1-3H,4H2;1H2;2*1H;/q4*-1;;;;. The van der Waals surface area contributed by atoms with Crippen molar-refractivity contribution in [3.63, 3.8) is 0 Å². The van der Waals surface area contributed by atoms with Crippen molar-refractivity contribution in [2.45, 2.75) is 40.5 Å². The molecule has 0 saturated carbocycles. The molecule has 0 saturated heterocycles. The van der Waals surface area contributed by atoms with Gasteiger partial charge < -0.3 is 0 Å². The van der Waals surface area contributed by atoms with Crippen LogP contribution in [0.4, 0.5) is 0 Å². The summed E-state index contributed by atoms with van der Waals surface area (Å²) in [6, 6.07) is 48.1. The Labute approximate surface area is 316 Å².